The molecule has 0 fully saturated rings. The average molecular weight is 254 g/mol. The molecule has 0 aromatic heterocycles. The molecule has 0 unspecified atom stereocenters. The molecule has 1 aliphatic carbocycles. The van der Waals surface area contributed by atoms with E-state index in [9.17, 15) is 0 Å². The van der Waals surface area contributed by atoms with Gasteiger partial charge in [-0.05, 0) is 56.3 Å². The van der Waals surface area contributed by atoms with Gasteiger partial charge in [0.25, 0.3) is 0 Å². The Balaban J connectivity index is 0.000000873. The smallest absolute Gasteiger partial charge is 0.0402 e. The van der Waals surface area contributed by atoms with Gasteiger partial charge >= 0.3 is 0 Å². The van der Waals surface area contributed by atoms with Crippen molar-refractivity contribution in [3.05, 3.63) is 12.2 Å². The summed E-state index contributed by atoms with van der Waals surface area (Å²) >= 11 is 0. The molecule has 0 aromatic carbocycles. The van der Waals surface area contributed by atoms with E-state index in [0.29, 0.717) is 0 Å². The maximum absolute atomic E-state index is 7.57. The van der Waals surface area contributed by atoms with E-state index >= 15 is 0 Å². The highest BCUT2D eigenvalue weighted by Gasteiger charge is 2.16. The Labute approximate surface area is 115 Å². The van der Waals surface area contributed by atoms with Crippen molar-refractivity contribution in [2.45, 2.75) is 66.7 Å². The SMILES string of the molecule is CC(C)[C@H]1CC[C@@H](C)C/C=C/[C@@H](C)CC1.CCO. The van der Waals surface area contributed by atoms with Crippen LogP contribution in [0.1, 0.15) is 66.7 Å². The molecule has 0 saturated heterocycles. The van der Waals surface area contributed by atoms with Gasteiger partial charge in [0.05, 0.1) is 0 Å². The van der Waals surface area contributed by atoms with E-state index in [2.05, 4.69) is 39.8 Å². The molecule has 0 spiro atoms. The van der Waals surface area contributed by atoms with Crippen LogP contribution in [-0.2, 0) is 0 Å². The molecule has 18 heavy (non-hydrogen) atoms. The Morgan fingerprint density at radius 2 is 1.67 bits per heavy atom. The molecule has 1 N–H and O–H groups in total. The minimum atomic E-state index is 0.250. The first kappa shape index (κ1) is 17.7. The van der Waals surface area contributed by atoms with Gasteiger partial charge in [0.2, 0.25) is 0 Å². The van der Waals surface area contributed by atoms with Crippen LogP contribution in [0.15, 0.2) is 12.2 Å². The van der Waals surface area contributed by atoms with Crippen molar-refractivity contribution in [3.63, 3.8) is 0 Å². The summed E-state index contributed by atoms with van der Waals surface area (Å²) in [5.74, 6) is 3.50. The van der Waals surface area contributed by atoms with E-state index in [1.807, 2.05) is 0 Å². The van der Waals surface area contributed by atoms with Crippen LogP contribution in [0.5, 0.6) is 0 Å². The molecule has 0 saturated carbocycles. The van der Waals surface area contributed by atoms with Gasteiger partial charge in [-0.1, -0.05) is 46.3 Å². The highest BCUT2D eigenvalue weighted by Crippen LogP contribution is 2.28. The maximum Gasteiger partial charge on any atom is 0.0402 e. The molecular formula is C17H34O. The topological polar surface area (TPSA) is 20.2 Å². The lowest BCUT2D eigenvalue weighted by Crippen LogP contribution is -2.12. The summed E-state index contributed by atoms with van der Waals surface area (Å²) < 4.78 is 0. The largest absolute Gasteiger partial charge is 0.397 e. The third-order valence-corrected chi connectivity index (χ3v) is 3.97. The van der Waals surface area contributed by atoms with E-state index in [1.165, 1.54) is 32.1 Å². The van der Waals surface area contributed by atoms with Crippen molar-refractivity contribution in [2.24, 2.45) is 23.7 Å². The molecule has 0 amide bonds. The lowest BCUT2D eigenvalue weighted by Gasteiger charge is -2.24. The highest BCUT2D eigenvalue weighted by molar-refractivity contribution is 4.89. The average Bonchev–Trinajstić information content (AvgIpc) is 2.29. The van der Waals surface area contributed by atoms with Crippen molar-refractivity contribution in [3.8, 4) is 0 Å². The van der Waals surface area contributed by atoms with E-state index < -0.39 is 0 Å². The van der Waals surface area contributed by atoms with Crippen LogP contribution in [0.2, 0.25) is 0 Å². The van der Waals surface area contributed by atoms with Gasteiger partial charge in [-0.15, -0.1) is 0 Å². The fourth-order valence-corrected chi connectivity index (χ4v) is 2.54. The first-order valence-corrected chi connectivity index (χ1v) is 7.78. The monoisotopic (exact) mass is 254 g/mol. The molecule has 1 aliphatic rings. The number of aliphatic hydroxyl groups is 1. The molecule has 0 aliphatic heterocycles. The van der Waals surface area contributed by atoms with E-state index in [1.54, 1.807) is 6.92 Å². The van der Waals surface area contributed by atoms with Crippen molar-refractivity contribution in [1.82, 2.24) is 0 Å². The summed E-state index contributed by atoms with van der Waals surface area (Å²) in [7, 11) is 0. The van der Waals surface area contributed by atoms with Crippen LogP contribution >= 0.6 is 0 Å². The molecule has 3 atom stereocenters. The van der Waals surface area contributed by atoms with Crippen LogP contribution in [0.25, 0.3) is 0 Å². The second-order valence-electron chi connectivity index (χ2n) is 6.22. The molecule has 1 nitrogen and oxygen atoms in total. The summed E-state index contributed by atoms with van der Waals surface area (Å²) in [6.45, 7) is 11.5. The fraction of sp³-hybridized carbons (Fsp3) is 0.882. The highest BCUT2D eigenvalue weighted by atomic mass is 16.2. The van der Waals surface area contributed by atoms with Crippen molar-refractivity contribution in [2.75, 3.05) is 6.61 Å². The minimum Gasteiger partial charge on any atom is -0.397 e. The summed E-state index contributed by atoms with van der Waals surface area (Å²) in [6, 6.07) is 0. The third kappa shape index (κ3) is 8.74. The fourth-order valence-electron chi connectivity index (χ4n) is 2.54. The number of aliphatic hydroxyl groups excluding tert-OH is 1. The number of rotatable bonds is 1. The second-order valence-corrected chi connectivity index (χ2v) is 6.22. The number of hydrogen-bond acceptors (Lipinski definition) is 1. The van der Waals surface area contributed by atoms with Crippen LogP contribution in [0, 0.1) is 23.7 Å². The van der Waals surface area contributed by atoms with E-state index in [0.717, 1.165) is 23.7 Å². The zero-order valence-electron chi connectivity index (χ0n) is 13.2. The van der Waals surface area contributed by atoms with Crippen LogP contribution in [0.4, 0.5) is 0 Å². The van der Waals surface area contributed by atoms with Crippen LogP contribution in [-0.4, -0.2) is 11.7 Å². The standard InChI is InChI=1S/C15H28.C2H6O/c1-12(2)15-10-8-13(3)6-5-7-14(4)9-11-15;1-2-3/h5-6,12-15H,7-11H2,1-4H3;3H,2H2,1H3/b6-5+;/t13-,14+,15-;/m1./s1. The Kier molecular flexibility index (Phi) is 10.4. The molecular weight excluding hydrogens is 220 g/mol. The molecule has 0 bridgehead atoms. The minimum absolute atomic E-state index is 0.250. The first-order valence-electron chi connectivity index (χ1n) is 7.78. The first-order chi connectivity index (χ1) is 8.51. The molecule has 0 radical (unpaired) electrons. The third-order valence-electron chi connectivity index (χ3n) is 3.97. The summed E-state index contributed by atoms with van der Waals surface area (Å²) in [4.78, 5) is 0. The summed E-state index contributed by atoms with van der Waals surface area (Å²) in [5, 5.41) is 7.57. The van der Waals surface area contributed by atoms with E-state index in [4.69, 9.17) is 5.11 Å². The van der Waals surface area contributed by atoms with Crippen LogP contribution in [0.3, 0.4) is 0 Å². The molecule has 108 valence electrons. The Bertz CT molecular complexity index is 208. The van der Waals surface area contributed by atoms with Gasteiger partial charge in [-0.25, -0.2) is 0 Å². The van der Waals surface area contributed by atoms with Crippen molar-refractivity contribution >= 4 is 0 Å². The molecule has 1 rings (SSSR count). The Morgan fingerprint density at radius 1 is 1.11 bits per heavy atom. The Hall–Kier alpha value is -0.300. The maximum atomic E-state index is 7.57. The molecule has 0 aromatic rings. The zero-order valence-corrected chi connectivity index (χ0v) is 13.2. The number of hydrogen-bond donors (Lipinski definition) is 1. The quantitative estimate of drug-likeness (QED) is 0.649. The second kappa shape index (κ2) is 10.6. The molecule has 1 heteroatoms. The van der Waals surface area contributed by atoms with Gasteiger partial charge in [-0.2, -0.15) is 0 Å². The zero-order chi connectivity index (χ0) is 14.0. The number of allylic oxidation sites excluding steroid dienone is 2. The van der Waals surface area contributed by atoms with Crippen molar-refractivity contribution < 1.29 is 5.11 Å². The van der Waals surface area contributed by atoms with Gasteiger partial charge in [0.1, 0.15) is 0 Å². The van der Waals surface area contributed by atoms with Gasteiger partial charge in [0.15, 0.2) is 0 Å². The lowest BCUT2D eigenvalue weighted by molar-refractivity contribution is 0.290. The van der Waals surface area contributed by atoms with Crippen LogP contribution < -0.4 is 0 Å². The normalized spacial score (nSPS) is 31.4. The summed E-state index contributed by atoms with van der Waals surface area (Å²) in [5.41, 5.74) is 0. The predicted molar refractivity (Wildman–Crippen MR) is 81.6 cm³/mol. The lowest BCUT2D eigenvalue weighted by atomic mass is 9.82. The van der Waals surface area contributed by atoms with Gasteiger partial charge in [-0.3, -0.25) is 0 Å². The van der Waals surface area contributed by atoms with Crippen molar-refractivity contribution in [1.29, 1.82) is 0 Å². The predicted octanol–water partition coefficient (Wildman–Crippen LogP) is 5.05. The molecule has 0 heterocycles. The Morgan fingerprint density at radius 3 is 2.22 bits per heavy atom. The van der Waals surface area contributed by atoms with Gasteiger partial charge < -0.3 is 5.11 Å². The summed E-state index contributed by atoms with van der Waals surface area (Å²) in [6.07, 6.45) is 11.8. The van der Waals surface area contributed by atoms with E-state index in [-0.39, 0.29) is 6.61 Å². The van der Waals surface area contributed by atoms with Gasteiger partial charge in [0, 0.05) is 6.61 Å².